The molecule has 2 N–H and O–H groups in total. The standard InChI is InChI=1S/C19H19N5O5S/c1-13-11-17(28-2)22-18(21-13)23-19(25)24-30(26,27)16-9-4-3-8-15(16)29-12-14-7-5-6-10-20-14/h3-11H,12H2,1-2H3,(H2,21,22,23,24,25). The van der Waals surface area contributed by atoms with Gasteiger partial charge in [0.1, 0.15) is 17.3 Å². The molecule has 11 heteroatoms. The fourth-order valence-corrected chi connectivity index (χ4v) is 3.49. The van der Waals surface area contributed by atoms with Gasteiger partial charge in [-0.2, -0.15) is 4.98 Å². The summed E-state index contributed by atoms with van der Waals surface area (Å²) >= 11 is 0. The van der Waals surface area contributed by atoms with Crippen LogP contribution in [0.25, 0.3) is 0 Å². The van der Waals surface area contributed by atoms with E-state index in [2.05, 4.69) is 20.3 Å². The molecule has 0 bridgehead atoms. The van der Waals surface area contributed by atoms with Crippen LogP contribution in [0.2, 0.25) is 0 Å². The van der Waals surface area contributed by atoms with E-state index in [1.165, 1.54) is 25.3 Å². The van der Waals surface area contributed by atoms with Crippen molar-refractivity contribution in [3.63, 3.8) is 0 Å². The van der Waals surface area contributed by atoms with Gasteiger partial charge in [0.15, 0.2) is 0 Å². The van der Waals surface area contributed by atoms with Gasteiger partial charge in [-0.1, -0.05) is 18.2 Å². The van der Waals surface area contributed by atoms with Gasteiger partial charge in [0.25, 0.3) is 10.0 Å². The van der Waals surface area contributed by atoms with Crippen LogP contribution < -0.4 is 19.5 Å². The van der Waals surface area contributed by atoms with Crippen molar-refractivity contribution in [1.29, 1.82) is 0 Å². The highest BCUT2D eigenvalue weighted by Gasteiger charge is 2.22. The Balaban J connectivity index is 1.74. The molecule has 0 saturated heterocycles. The first-order valence-electron chi connectivity index (χ1n) is 8.72. The number of rotatable bonds is 7. The molecule has 2 aromatic heterocycles. The number of nitrogens with zero attached hydrogens (tertiary/aromatic N) is 3. The molecule has 0 aliphatic heterocycles. The minimum Gasteiger partial charge on any atom is -0.486 e. The summed E-state index contributed by atoms with van der Waals surface area (Å²) < 4.78 is 38.0. The van der Waals surface area contributed by atoms with E-state index >= 15 is 0 Å². The van der Waals surface area contributed by atoms with Crippen molar-refractivity contribution in [2.45, 2.75) is 18.4 Å². The lowest BCUT2D eigenvalue weighted by atomic mass is 10.3. The number of benzene rings is 1. The average molecular weight is 429 g/mol. The van der Waals surface area contributed by atoms with Crippen molar-refractivity contribution < 1.29 is 22.7 Å². The number of sulfonamides is 1. The van der Waals surface area contributed by atoms with Crippen molar-refractivity contribution in [2.24, 2.45) is 0 Å². The largest absolute Gasteiger partial charge is 0.486 e. The molecule has 156 valence electrons. The van der Waals surface area contributed by atoms with Crippen molar-refractivity contribution in [3.8, 4) is 11.6 Å². The molecule has 0 atom stereocenters. The molecule has 0 aliphatic rings. The summed E-state index contributed by atoms with van der Waals surface area (Å²) in [6.45, 7) is 1.75. The first-order valence-corrected chi connectivity index (χ1v) is 10.2. The van der Waals surface area contributed by atoms with Gasteiger partial charge < -0.3 is 9.47 Å². The average Bonchev–Trinajstić information content (AvgIpc) is 2.72. The Labute approximate surface area is 173 Å². The molecule has 10 nitrogen and oxygen atoms in total. The third-order valence-corrected chi connectivity index (χ3v) is 5.10. The monoisotopic (exact) mass is 429 g/mol. The number of ether oxygens (including phenoxy) is 2. The molecule has 0 saturated carbocycles. The van der Waals surface area contributed by atoms with Crippen LogP contribution in [0.15, 0.2) is 59.6 Å². The van der Waals surface area contributed by atoms with E-state index in [1.807, 2.05) is 4.72 Å². The van der Waals surface area contributed by atoms with Gasteiger partial charge in [-0.3, -0.25) is 10.3 Å². The topological polar surface area (TPSA) is 132 Å². The highest BCUT2D eigenvalue weighted by Crippen LogP contribution is 2.24. The summed E-state index contributed by atoms with van der Waals surface area (Å²) in [5, 5.41) is 2.28. The number of carbonyl (C=O) groups is 1. The maximum atomic E-state index is 12.7. The number of hydrogen-bond donors (Lipinski definition) is 2. The third-order valence-electron chi connectivity index (χ3n) is 3.73. The van der Waals surface area contributed by atoms with Crippen LogP contribution in [0, 0.1) is 6.92 Å². The predicted molar refractivity (Wildman–Crippen MR) is 108 cm³/mol. The molecule has 0 radical (unpaired) electrons. The number of urea groups is 1. The number of para-hydroxylation sites is 1. The lowest BCUT2D eigenvalue weighted by molar-refractivity contribution is 0.256. The molecule has 3 aromatic rings. The number of anilines is 1. The summed E-state index contributed by atoms with van der Waals surface area (Å²) in [6, 6.07) is 11.8. The minimum absolute atomic E-state index is 0.0660. The summed E-state index contributed by atoms with van der Waals surface area (Å²) in [7, 11) is -2.82. The molecule has 2 heterocycles. The van der Waals surface area contributed by atoms with E-state index in [0.29, 0.717) is 11.4 Å². The Kier molecular flexibility index (Phi) is 6.42. The first kappa shape index (κ1) is 21.0. The number of hydrogen-bond acceptors (Lipinski definition) is 8. The number of methoxy groups -OCH3 is 1. The van der Waals surface area contributed by atoms with E-state index in [4.69, 9.17) is 9.47 Å². The first-order chi connectivity index (χ1) is 14.4. The van der Waals surface area contributed by atoms with Crippen LogP contribution in [0.1, 0.15) is 11.4 Å². The van der Waals surface area contributed by atoms with E-state index < -0.39 is 16.1 Å². The molecule has 3 rings (SSSR count). The van der Waals surface area contributed by atoms with Crippen molar-refractivity contribution in [3.05, 3.63) is 66.1 Å². The number of pyridine rings is 1. The van der Waals surface area contributed by atoms with E-state index in [-0.39, 0.29) is 29.1 Å². The van der Waals surface area contributed by atoms with E-state index in [1.54, 1.807) is 43.5 Å². The number of nitrogens with one attached hydrogen (secondary N) is 2. The van der Waals surface area contributed by atoms with Crippen LogP contribution in [0.3, 0.4) is 0 Å². The van der Waals surface area contributed by atoms with Gasteiger partial charge >= 0.3 is 6.03 Å². The molecule has 0 fully saturated rings. The van der Waals surface area contributed by atoms with Crippen LogP contribution >= 0.6 is 0 Å². The minimum atomic E-state index is -4.23. The second-order valence-electron chi connectivity index (χ2n) is 5.99. The quantitative estimate of drug-likeness (QED) is 0.584. The van der Waals surface area contributed by atoms with E-state index in [9.17, 15) is 13.2 Å². The Morgan fingerprint density at radius 1 is 1.10 bits per heavy atom. The number of aryl methyl sites for hydroxylation is 1. The summed E-state index contributed by atoms with van der Waals surface area (Å²) in [5.74, 6) is 0.213. The lowest BCUT2D eigenvalue weighted by Crippen LogP contribution is -2.35. The normalized spacial score (nSPS) is 10.9. The summed E-state index contributed by atoms with van der Waals surface area (Å²) in [6.07, 6.45) is 1.61. The Hall–Kier alpha value is -3.73. The number of carbonyl (C=O) groups excluding carboxylic acids is 1. The fourth-order valence-electron chi connectivity index (χ4n) is 2.43. The highest BCUT2D eigenvalue weighted by atomic mass is 32.2. The molecule has 1 aromatic carbocycles. The molecular formula is C19H19N5O5S. The van der Waals surface area contributed by atoms with Gasteiger partial charge in [0, 0.05) is 18.0 Å². The van der Waals surface area contributed by atoms with Crippen LogP contribution in [0.5, 0.6) is 11.6 Å². The van der Waals surface area contributed by atoms with Crippen LogP contribution in [-0.2, 0) is 16.6 Å². The second kappa shape index (κ2) is 9.18. The zero-order valence-corrected chi connectivity index (χ0v) is 17.0. The van der Waals surface area contributed by atoms with E-state index in [0.717, 1.165) is 0 Å². The van der Waals surface area contributed by atoms with Gasteiger partial charge in [-0.15, -0.1) is 0 Å². The SMILES string of the molecule is COc1cc(C)nc(NC(=O)NS(=O)(=O)c2ccccc2OCc2ccccn2)n1. The fraction of sp³-hybridized carbons (Fsp3) is 0.158. The number of amides is 2. The molecule has 0 spiro atoms. The maximum Gasteiger partial charge on any atom is 0.335 e. The van der Waals surface area contributed by atoms with Gasteiger partial charge in [0.05, 0.1) is 12.8 Å². The van der Waals surface area contributed by atoms with Gasteiger partial charge in [-0.05, 0) is 31.2 Å². The Morgan fingerprint density at radius 3 is 2.60 bits per heavy atom. The van der Waals surface area contributed by atoms with Crippen molar-refractivity contribution in [2.75, 3.05) is 12.4 Å². The van der Waals surface area contributed by atoms with Gasteiger partial charge in [-0.25, -0.2) is 22.9 Å². The molecule has 0 unspecified atom stereocenters. The zero-order chi connectivity index (χ0) is 21.6. The predicted octanol–water partition coefficient (Wildman–Crippen LogP) is 2.28. The maximum absolute atomic E-state index is 12.7. The van der Waals surface area contributed by atoms with Crippen molar-refractivity contribution >= 4 is 22.0 Å². The molecule has 2 amide bonds. The third kappa shape index (κ3) is 5.41. The van der Waals surface area contributed by atoms with Gasteiger partial charge in [0.2, 0.25) is 11.8 Å². The summed E-state index contributed by atoms with van der Waals surface area (Å²) in [5.41, 5.74) is 1.16. The molecule has 0 aliphatic carbocycles. The van der Waals surface area contributed by atoms with Crippen LogP contribution in [0.4, 0.5) is 10.7 Å². The lowest BCUT2D eigenvalue weighted by Gasteiger charge is -2.13. The highest BCUT2D eigenvalue weighted by molar-refractivity contribution is 7.90. The molecule has 30 heavy (non-hydrogen) atoms. The second-order valence-corrected chi connectivity index (χ2v) is 7.64. The summed E-state index contributed by atoms with van der Waals surface area (Å²) in [4.78, 5) is 24.1. The molecular weight excluding hydrogens is 410 g/mol. The Morgan fingerprint density at radius 2 is 1.87 bits per heavy atom. The van der Waals surface area contributed by atoms with Crippen LogP contribution in [-0.4, -0.2) is 36.5 Å². The van der Waals surface area contributed by atoms with Crippen molar-refractivity contribution in [1.82, 2.24) is 19.7 Å². The number of aromatic nitrogens is 3. The Bertz CT molecular complexity index is 1140. The smallest absolute Gasteiger partial charge is 0.335 e. The zero-order valence-electron chi connectivity index (χ0n) is 16.2.